The third kappa shape index (κ3) is 6.19. The molecule has 0 heterocycles. The van der Waals surface area contributed by atoms with E-state index in [4.69, 9.17) is 0 Å². The first-order chi connectivity index (χ1) is 4.81. The first kappa shape index (κ1) is 10.1. The normalized spacial score (nSPS) is 9.00. The molecule has 2 N–H and O–H groups in total. The van der Waals surface area contributed by atoms with Gasteiger partial charge in [0.15, 0.2) is 0 Å². The van der Waals surface area contributed by atoms with Crippen molar-refractivity contribution in [3.8, 4) is 0 Å². The molecule has 0 aliphatic rings. The van der Waals surface area contributed by atoms with Gasteiger partial charge in [0, 0.05) is 0 Å². The van der Waals surface area contributed by atoms with Crippen LogP contribution < -0.4 is 8.86 Å². The number of hydrogen-bond donors (Lipinski definition) is 2. The Morgan fingerprint density at radius 2 is 2.20 bits per heavy atom. The minimum absolute atomic E-state index is 0.0234. The van der Waals surface area contributed by atoms with E-state index in [1.54, 1.807) is 0 Å². The summed E-state index contributed by atoms with van der Waals surface area (Å²) in [7, 11) is 0. The third-order valence-corrected chi connectivity index (χ3v) is 3.08. The zero-order chi connectivity index (χ0) is 7.82. The Bertz CT molecular complexity index is 87.7. The molecular weight excluding hydrogens is 235 g/mol. The molecule has 0 spiro atoms. The Labute approximate surface area is 72.5 Å². The number of nitrogens with one attached hydrogen (secondary N) is 2. The average molecular weight is 249 g/mol. The van der Waals surface area contributed by atoms with Crippen LogP contribution in [0.15, 0.2) is 0 Å². The van der Waals surface area contributed by atoms with Crippen LogP contribution in [0.4, 0.5) is 4.79 Å². The van der Waals surface area contributed by atoms with E-state index in [2.05, 4.69) is 15.8 Å². The molecule has 10 heavy (non-hydrogen) atoms. The molecule has 4 heteroatoms. The van der Waals surface area contributed by atoms with Gasteiger partial charge < -0.3 is 0 Å². The molecule has 0 aliphatic heterocycles. The van der Waals surface area contributed by atoms with Crippen LogP contribution in [0.2, 0.25) is 4.44 Å². The van der Waals surface area contributed by atoms with Gasteiger partial charge in [-0.2, -0.15) is 0 Å². The van der Waals surface area contributed by atoms with Gasteiger partial charge in [0.05, 0.1) is 0 Å². The van der Waals surface area contributed by atoms with Gasteiger partial charge in [-0.1, -0.05) is 0 Å². The molecule has 2 amide bonds. The Hall–Kier alpha value is 0.0687. The van der Waals surface area contributed by atoms with Crippen LogP contribution in [0, 0.1) is 0 Å². The molecule has 2 radical (unpaired) electrons. The van der Waals surface area contributed by atoms with Crippen molar-refractivity contribution in [2.45, 2.75) is 24.7 Å². The Kier molecular flexibility index (Phi) is 7.23. The predicted molar refractivity (Wildman–Crippen MR) is 43.1 cm³/mol. The zero-order valence-corrected chi connectivity index (χ0v) is 9.38. The summed E-state index contributed by atoms with van der Waals surface area (Å²) in [5.74, 6) is 0. The summed E-state index contributed by atoms with van der Waals surface area (Å²) in [6.45, 7) is 4.93. The molecule has 0 aliphatic carbocycles. The van der Waals surface area contributed by atoms with Crippen LogP contribution in [0.3, 0.4) is 0 Å². The van der Waals surface area contributed by atoms with Gasteiger partial charge in [-0.3, -0.25) is 0 Å². The first-order valence-corrected chi connectivity index (χ1v) is 7.02. The van der Waals surface area contributed by atoms with Gasteiger partial charge >= 0.3 is 72.3 Å². The van der Waals surface area contributed by atoms with Crippen LogP contribution in [0.5, 0.6) is 0 Å². The average Bonchev–Trinajstić information content (AvgIpc) is 1.97. The topological polar surface area (TPSA) is 41.1 Å². The van der Waals surface area contributed by atoms with Crippen LogP contribution >= 0.6 is 0 Å². The van der Waals surface area contributed by atoms with Gasteiger partial charge in [-0.25, -0.2) is 0 Å². The molecule has 0 aromatic heterocycles. The molecule has 0 saturated carbocycles. The number of urea groups is 1. The van der Waals surface area contributed by atoms with Crippen molar-refractivity contribution in [2.75, 3.05) is 6.54 Å². The number of amides is 2. The van der Waals surface area contributed by atoms with Crippen molar-refractivity contribution < 1.29 is 4.79 Å². The van der Waals surface area contributed by atoms with E-state index in [0.717, 1.165) is 17.4 Å². The number of carbonyl (C=O) groups is 1. The first-order valence-electron chi connectivity index (χ1n) is 3.58. The van der Waals surface area contributed by atoms with Crippen molar-refractivity contribution in [1.29, 1.82) is 0 Å². The van der Waals surface area contributed by atoms with Crippen molar-refractivity contribution in [3.05, 3.63) is 0 Å². The van der Waals surface area contributed by atoms with Crippen molar-refractivity contribution in [2.24, 2.45) is 0 Å². The SMILES string of the molecule is CCCNC(=O)[NH][Sn][CH2]C. The fourth-order valence-corrected chi connectivity index (χ4v) is 1.67. The summed E-state index contributed by atoms with van der Waals surface area (Å²) in [5, 5.41) is 2.76. The van der Waals surface area contributed by atoms with Gasteiger partial charge in [0.25, 0.3) is 0 Å². The molecule has 0 aromatic carbocycles. The quantitative estimate of drug-likeness (QED) is 0.709. The monoisotopic (exact) mass is 250 g/mol. The zero-order valence-electron chi connectivity index (χ0n) is 6.53. The molecule has 0 unspecified atom stereocenters. The summed E-state index contributed by atoms with van der Waals surface area (Å²) in [4.78, 5) is 10.8. The summed E-state index contributed by atoms with van der Waals surface area (Å²) in [6.07, 6.45) is 1.00. The molecular formula is C6H14N2OSn. The summed E-state index contributed by atoms with van der Waals surface area (Å²) in [6, 6.07) is 0.0234. The molecule has 0 atom stereocenters. The number of rotatable bonds is 4. The van der Waals surface area contributed by atoms with Gasteiger partial charge in [0.2, 0.25) is 0 Å². The van der Waals surface area contributed by atoms with Crippen LogP contribution in [0.25, 0.3) is 0 Å². The van der Waals surface area contributed by atoms with Crippen molar-refractivity contribution in [1.82, 2.24) is 8.86 Å². The van der Waals surface area contributed by atoms with Gasteiger partial charge in [-0.15, -0.1) is 0 Å². The standard InChI is InChI=1S/C4H10N2O.C2H5.Sn/c1-2-3-6-4(5)7;1-2;/h2-3H2,1H3,(H3,5,6,7);1H2,2H3;/q;;+1/p-1. The van der Waals surface area contributed by atoms with E-state index in [0.29, 0.717) is 0 Å². The van der Waals surface area contributed by atoms with Gasteiger partial charge in [-0.05, 0) is 0 Å². The van der Waals surface area contributed by atoms with E-state index in [-0.39, 0.29) is 6.03 Å². The molecule has 0 fully saturated rings. The van der Waals surface area contributed by atoms with E-state index >= 15 is 0 Å². The second-order valence-electron chi connectivity index (χ2n) is 1.91. The number of carbonyl (C=O) groups excluding carboxylic acids is 1. The van der Waals surface area contributed by atoms with Gasteiger partial charge in [0.1, 0.15) is 0 Å². The van der Waals surface area contributed by atoms with E-state index in [1.807, 2.05) is 6.92 Å². The summed E-state index contributed by atoms with van der Waals surface area (Å²) >= 11 is -0.557. The molecule has 0 aromatic rings. The maximum absolute atomic E-state index is 10.8. The Morgan fingerprint density at radius 1 is 1.50 bits per heavy atom. The second kappa shape index (κ2) is 7.18. The maximum atomic E-state index is 10.8. The predicted octanol–water partition coefficient (Wildman–Crippen LogP) is 0.753. The fourth-order valence-electron chi connectivity index (χ4n) is 0.451. The summed E-state index contributed by atoms with van der Waals surface area (Å²) < 4.78 is 4.04. The van der Waals surface area contributed by atoms with E-state index in [1.165, 1.54) is 0 Å². The van der Waals surface area contributed by atoms with Crippen LogP contribution in [-0.2, 0) is 0 Å². The Morgan fingerprint density at radius 3 is 2.70 bits per heavy atom. The van der Waals surface area contributed by atoms with E-state index in [9.17, 15) is 4.79 Å². The molecule has 58 valence electrons. The summed E-state index contributed by atoms with van der Waals surface area (Å²) in [5.41, 5.74) is 0. The number of hydrogen-bond acceptors (Lipinski definition) is 1. The van der Waals surface area contributed by atoms with Crippen LogP contribution in [-0.4, -0.2) is 34.0 Å². The minimum atomic E-state index is -0.557. The van der Waals surface area contributed by atoms with Crippen molar-refractivity contribution >= 4 is 27.4 Å². The second-order valence-corrected chi connectivity index (χ2v) is 5.65. The van der Waals surface area contributed by atoms with Crippen LogP contribution in [0.1, 0.15) is 20.3 Å². The molecule has 0 bridgehead atoms. The molecule has 0 saturated heterocycles. The van der Waals surface area contributed by atoms with E-state index < -0.39 is 21.4 Å². The molecule has 3 nitrogen and oxygen atoms in total. The third-order valence-electron chi connectivity index (χ3n) is 0.914. The Balaban J connectivity index is 3.09. The van der Waals surface area contributed by atoms with Crippen molar-refractivity contribution in [3.63, 3.8) is 0 Å². The molecule has 0 rings (SSSR count). The fraction of sp³-hybridized carbons (Fsp3) is 0.833.